The summed E-state index contributed by atoms with van der Waals surface area (Å²) in [5.74, 6) is -0.654. The molecule has 0 radical (unpaired) electrons. The largest absolute Gasteiger partial charge is 0.481 e. The van der Waals surface area contributed by atoms with E-state index in [1.54, 1.807) is 4.90 Å². The van der Waals surface area contributed by atoms with E-state index in [4.69, 9.17) is 5.11 Å². The molecule has 0 aromatic heterocycles. The van der Waals surface area contributed by atoms with Gasteiger partial charge in [-0.25, -0.2) is 4.79 Å². The molecular weight excluding hydrogens is 236 g/mol. The highest BCUT2D eigenvalue weighted by atomic mass is 16.4. The van der Waals surface area contributed by atoms with Crippen LogP contribution in [0.1, 0.15) is 32.6 Å². The lowest BCUT2D eigenvalue weighted by Gasteiger charge is -2.30. The van der Waals surface area contributed by atoms with E-state index in [9.17, 15) is 14.7 Å². The van der Waals surface area contributed by atoms with E-state index < -0.39 is 5.97 Å². The van der Waals surface area contributed by atoms with Gasteiger partial charge in [-0.05, 0) is 25.2 Å². The number of aliphatic carboxylic acids is 1. The summed E-state index contributed by atoms with van der Waals surface area (Å²) in [5.41, 5.74) is 0. The summed E-state index contributed by atoms with van der Waals surface area (Å²) in [6.07, 6.45) is 1.66. The van der Waals surface area contributed by atoms with Crippen molar-refractivity contribution < 1.29 is 19.8 Å². The van der Waals surface area contributed by atoms with Crippen LogP contribution in [0.3, 0.4) is 0 Å². The zero-order valence-electron chi connectivity index (χ0n) is 10.8. The molecule has 0 aliphatic carbocycles. The zero-order valence-corrected chi connectivity index (χ0v) is 10.8. The van der Waals surface area contributed by atoms with E-state index in [1.807, 2.05) is 6.92 Å². The number of urea groups is 1. The molecule has 0 bridgehead atoms. The average molecular weight is 258 g/mol. The Balaban J connectivity index is 2.18. The van der Waals surface area contributed by atoms with Crippen molar-refractivity contribution >= 4 is 12.0 Å². The molecule has 0 aromatic rings. The standard InChI is InChI=1S/C12H22N2O4/c1-9(2-3-11(16)17)8-13-12(18)14-6-4-10(15)5-7-14/h9-10,15H,2-8H2,1H3,(H,13,18)(H,16,17). The quantitative estimate of drug-likeness (QED) is 0.675. The molecule has 0 spiro atoms. The number of carboxylic acids is 1. The van der Waals surface area contributed by atoms with Gasteiger partial charge in [0.1, 0.15) is 0 Å². The van der Waals surface area contributed by atoms with Gasteiger partial charge in [-0.1, -0.05) is 6.92 Å². The normalized spacial score (nSPS) is 18.4. The summed E-state index contributed by atoms with van der Waals surface area (Å²) >= 11 is 0. The van der Waals surface area contributed by atoms with Crippen LogP contribution in [0, 0.1) is 5.92 Å². The first-order valence-corrected chi connectivity index (χ1v) is 6.41. The number of carbonyl (C=O) groups excluding carboxylic acids is 1. The van der Waals surface area contributed by atoms with Crippen molar-refractivity contribution in [1.82, 2.24) is 10.2 Å². The van der Waals surface area contributed by atoms with Gasteiger partial charge < -0.3 is 20.4 Å². The number of piperidine rings is 1. The van der Waals surface area contributed by atoms with Crippen LogP contribution in [0.2, 0.25) is 0 Å². The number of aliphatic hydroxyl groups excluding tert-OH is 1. The summed E-state index contributed by atoms with van der Waals surface area (Å²) in [6, 6.07) is -0.121. The van der Waals surface area contributed by atoms with E-state index in [1.165, 1.54) is 0 Å². The summed E-state index contributed by atoms with van der Waals surface area (Å²) in [6.45, 7) is 3.57. The molecule has 1 aliphatic rings. The number of nitrogens with one attached hydrogen (secondary N) is 1. The molecular formula is C12H22N2O4. The van der Waals surface area contributed by atoms with Gasteiger partial charge in [0.25, 0.3) is 0 Å². The van der Waals surface area contributed by atoms with Gasteiger partial charge in [0, 0.05) is 26.1 Å². The first kappa shape index (κ1) is 14.8. The van der Waals surface area contributed by atoms with Crippen LogP contribution < -0.4 is 5.32 Å². The van der Waals surface area contributed by atoms with E-state index in [2.05, 4.69) is 5.32 Å². The Morgan fingerprint density at radius 1 is 1.39 bits per heavy atom. The van der Waals surface area contributed by atoms with Crippen LogP contribution in [0.25, 0.3) is 0 Å². The Bertz CT molecular complexity index is 288. The van der Waals surface area contributed by atoms with Crippen LogP contribution in [0.4, 0.5) is 4.79 Å². The topological polar surface area (TPSA) is 89.9 Å². The molecule has 6 heteroatoms. The molecule has 0 saturated carbocycles. The maximum Gasteiger partial charge on any atom is 0.317 e. The average Bonchev–Trinajstić information content (AvgIpc) is 2.34. The lowest BCUT2D eigenvalue weighted by atomic mass is 10.1. The fourth-order valence-electron chi connectivity index (χ4n) is 1.91. The SMILES string of the molecule is CC(CCC(=O)O)CNC(=O)N1CCC(O)CC1. The molecule has 6 nitrogen and oxygen atoms in total. The highest BCUT2D eigenvalue weighted by molar-refractivity contribution is 5.74. The Kier molecular flexibility index (Phi) is 5.91. The molecule has 1 fully saturated rings. The number of aliphatic hydroxyl groups is 1. The number of rotatable bonds is 5. The van der Waals surface area contributed by atoms with Crippen molar-refractivity contribution in [2.75, 3.05) is 19.6 Å². The molecule has 2 amide bonds. The molecule has 1 aliphatic heterocycles. The maximum atomic E-state index is 11.8. The van der Waals surface area contributed by atoms with Crippen molar-refractivity contribution in [2.45, 2.75) is 38.7 Å². The van der Waals surface area contributed by atoms with Crippen LogP contribution in [0.5, 0.6) is 0 Å². The molecule has 0 aromatic carbocycles. The molecule has 3 N–H and O–H groups in total. The van der Waals surface area contributed by atoms with Gasteiger partial charge in [-0.15, -0.1) is 0 Å². The van der Waals surface area contributed by atoms with Crippen molar-refractivity contribution in [2.24, 2.45) is 5.92 Å². The molecule has 1 heterocycles. The van der Waals surface area contributed by atoms with Gasteiger partial charge in [-0.2, -0.15) is 0 Å². The zero-order chi connectivity index (χ0) is 13.5. The van der Waals surface area contributed by atoms with E-state index in [-0.39, 0.29) is 24.5 Å². The monoisotopic (exact) mass is 258 g/mol. The third-order valence-corrected chi connectivity index (χ3v) is 3.20. The number of nitrogens with zero attached hydrogens (tertiary/aromatic N) is 1. The van der Waals surface area contributed by atoms with Crippen LogP contribution in [-0.2, 0) is 4.79 Å². The first-order chi connectivity index (χ1) is 8.49. The predicted octanol–water partition coefficient (Wildman–Crippen LogP) is 0.654. The molecule has 1 unspecified atom stereocenters. The minimum atomic E-state index is -0.807. The second-order valence-corrected chi connectivity index (χ2v) is 4.94. The Hall–Kier alpha value is -1.30. The van der Waals surface area contributed by atoms with Crippen molar-refractivity contribution in [1.29, 1.82) is 0 Å². The van der Waals surface area contributed by atoms with E-state index >= 15 is 0 Å². The van der Waals surface area contributed by atoms with Gasteiger partial charge in [0.15, 0.2) is 0 Å². The number of hydrogen-bond donors (Lipinski definition) is 3. The fraction of sp³-hybridized carbons (Fsp3) is 0.833. The number of likely N-dealkylation sites (tertiary alicyclic amines) is 1. The molecule has 18 heavy (non-hydrogen) atoms. The number of amides is 2. The third kappa shape index (κ3) is 5.35. The van der Waals surface area contributed by atoms with E-state index in [0.717, 1.165) is 0 Å². The van der Waals surface area contributed by atoms with E-state index in [0.29, 0.717) is 38.9 Å². The maximum absolute atomic E-state index is 11.8. The predicted molar refractivity (Wildman–Crippen MR) is 66.2 cm³/mol. The Labute approximate surface area is 107 Å². The Morgan fingerprint density at radius 3 is 2.56 bits per heavy atom. The summed E-state index contributed by atoms with van der Waals surface area (Å²) < 4.78 is 0. The van der Waals surface area contributed by atoms with Gasteiger partial charge in [0.2, 0.25) is 0 Å². The molecule has 1 atom stereocenters. The van der Waals surface area contributed by atoms with Crippen LogP contribution in [-0.4, -0.2) is 52.9 Å². The summed E-state index contributed by atoms with van der Waals surface area (Å²) in [7, 11) is 0. The molecule has 104 valence electrons. The van der Waals surface area contributed by atoms with Crippen LogP contribution in [0.15, 0.2) is 0 Å². The second-order valence-electron chi connectivity index (χ2n) is 4.94. The molecule has 1 rings (SSSR count). The highest BCUT2D eigenvalue weighted by Crippen LogP contribution is 2.10. The number of carboxylic acid groups (broad SMARTS) is 1. The lowest BCUT2D eigenvalue weighted by Crippen LogP contribution is -2.46. The molecule has 1 saturated heterocycles. The minimum absolute atomic E-state index is 0.121. The summed E-state index contributed by atoms with van der Waals surface area (Å²) in [5, 5.41) is 20.7. The van der Waals surface area contributed by atoms with Gasteiger partial charge >= 0.3 is 12.0 Å². The van der Waals surface area contributed by atoms with Gasteiger partial charge in [0.05, 0.1) is 6.10 Å². The highest BCUT2D eigenvalue weighted by Gasteiger charge is 2.21. The Morgan fingerprint density at radius 2 is 2.00 bits per heavy atom. The summed E-state index contributed by atoms with van der Waals surface area (Å²) in [4.78, 5) is 23.9. The van der Waals surface area contributed by atoms with Gasteiger partial charge in [-0.3, -0.25) is 4.79 Å². The number of hydrogen-bond acceptors (Lipinski definition) is 3. The van der Waals surface area contributed by atoms with Crippen molar-refractivity contribution in [3.8, 4) is 0 Å². The van der Waals surface area contributed by atoms with Crippen LogP contribution >= 0.6 is 0 Å². The fourth-order valence-corrected chi connectivity index (χ4v) is 1.91. The minimum Gasteiger partial charge on any atom is -0.481 e. The third-order valence-electron chi connectivity index (χ3n) is 3.20. The smallest absolute Gasteiger partial charge is 0.317 e. The van der Waals surface area contributed by atoms with Crippen molar-refractivity contribution in [3.05, 3.63) is 0 Å². The second kappa shape index (κ2) is 7.20. The lowest BCUT2D eigenvalue weighted by molar-refractivity contribution is -0.137. The first-order valence-electron chi connectivity index (χ1n) is 6.41. The number of carbonyl (C=O) groups is 2. The van der Waals surface area contributed by atoms with Crippen molar-refractivity contribution in [3.63, 3.8) is 0 Å².